The summed E-state index contributed by atoms with van der Waals surface area (Å²) in [4.78, 5) is 0. The van der Waals surface area contributed by atoms with Crippen LogP contribution in [0.1, 0.15) is 11.4 Å². The minimum absolute atomic E-state index is 0.254. The molecule has 0 aliphatic carbocycles. The van der Waals surface area contributed by atoms with Gasteiger partial charge in [0, 0.05) is 5.56 Å². The highest BCUT2D eigenvalue weighted by Crippen LogP contribution is 2.28. The van der Waals surface area contributed by atoms with Crippen molar-refractivity contribution < 1.29 is 13.2 Å². The van der Waals surface area contributed by atoms with Crippen LogP contribution in [-0.4, -0.2) is 21.1 Å². The molecule has 1 heterocycles. The molecular formula is C10H5Cl2F3N4S. The van der Waals surface area contributed by atoms with Crippen molar-refractivity contribution in [2.24, 2.45) is 5.10 Å². The quantitative estimate of drug-likeness (QED) is 0.659. The van der Waals surface area contributed by atoms with Crippen molar-refractivity contribution in [3.8, 4) is 0 Å². The first-order valence-electron chi connectivity index (χ1n) is 5.03. The van der Waals surface area contributed by atoms with Gasteiger partial charge >= 0.3 is 6.18 Å². The van der Waals surface area contributed by atoms with E-state index >= 15 is 0 Å². The van der Waals surface area contributed by atoms with Gasteiger partial charge in [0.15, 0.2) is 0 Å². The van der Waals surface area contributed by atoms with Gasteiger partial charge in [0.1, 0.15) is 0 Å². The molecule has 1 N–H and O–H groups in total. The first-order valence-corrected chi connectivity index (χ1v) is 6.20. The molecule has 0 unspecified atom stereocenters. The van der Waals surface area contributed by atoms with E-state index in [1.165, 1.54) is 12.1 Å². The summed E-state index contributed by atoms with van der Waals surface area (Å²) in [7, 11) is 0. The van der Waals surface area contributed by atoms with Crippen LogP contribution in [0.3, 0.4) is 0 Å². The molecule has 4 nitrogen and oxygen atoms in total. The number of halogens is 5. The molecule has 2 aromatic rings. The Hall–Kier alpha value is -1.38. The predicted molar refractivity (Wildman–Crippen MR) is 71.9 cm³/mol. The van der Waals surface area contributed by atoms with E-state index < -0.39 is 12.0 Å². The van der Waals surface area contributed by atoms with Gasteiger partial charge in [0.2, 0.25) is 4.77 Å². The number of rotatable bonds is 2. The molecule has 0 amide bonds. The second-order valence-electron chi connectivity index (χ2n) is 3.54. The molecule has 1 aromatic heterocycles. The highest BCUT2D eigenvalue weighted by atomic mass is 35.5. The van der Waals surface area contributed by atoms with Crippen LogP contribution in [0.2, 0.25) is 10.0 Å². The molecule has 2 rings (SSSR count). The van der Waals surface area contributed by atoms with E-state index in [1.54, 1.807) is 6.07 Å². The standard InChI is InChI=1S/C10H5Cl2F3N4S/c11-6-2-1-3-7(12)5(6)4-16-19-8(10(13,14)15)17-18-9(19)20/h1-4H,(H,18,20). The molecule has 0 saturated carbocycles. The Labute approximate surface area is 125 Å². The average molecular weight is 341 g/mol. The molecule has 0 fully saturated rings. The van der Waals surface area contributed by atoms with Crippen molar-refractivity contribution in [2.75, 3.05) is 0 Å². The van der Waals surface area contributed by atoms with Crippen LogP contribution in [-0.2, 0) is 6.18 Å². The van der Waals surface area contributed by atoms with Crippen LogP contribution in [0.15, 0.2) is 23.3 Å². The summed E-state index contributed by atoms with van der Waals surface area (Å²) in [6.07, 6.45) is -3.60. The summed E-state index contributed by atoms with van der Waals surface area (Å²) in [5.74, 6) is -1.26. The zero-order chi connectivity index (χ0) is 14.9. The van der Waals surface area contributed by atoms with E-state index in [9.17, 15) is 13.2 Å². The van der Waals surface area contributed by atoms with Crippen LogP contribution in [0.25, 0.3) is 0 Å². The number of aromatic nitrogens is 3. The van der Waals surface area contributed by atoms with E-state index in [4.69, 9.17) is 23.2 Å². The number of alkyl halides is 3. The fourth-order valence-corrected chi connectivity index (χ4v) is 2.01. The molecule has 1 aromatic carbocycles. The van der Waals surface area contributed by atoms with Crippen LogP contribution in [0, 0.1) is 4.77 Å². The number of nitrogens with one attached hydrogen (secondary N) is 1. The van der Waals surface area contributed by atoms with E-state index in [2.05, 4.69) is 22.4 Å². The molecule has 0 spiro atoms. The lowest BCUT2D eigenvalue weighted by Crippen LogP contribution is -2.12. The Balaban J connectivity index is 2.48. The molecule has 0 atom stereocenters. The summed E-state index contributed by atoms with van der Waals surface area (Å²) < 4.78 is 38.2. The van der Waals surface area contributed by atoms with Crippen molar-refractivity contribution in [3.63, 3.8) is 0 Å². The van der Waals surface area contributed by atoms with E-state index in [0.717, 1.165) is 6.21 Å². The molecule has 0 aliphatic rings. The predicted octanol–water partition coefficient (Wildman–Crippen LogP) is 4.15. The highest BCUT2D eigenvalue weighted by molar-refractivity contribution is 7.71. The molecular weight excluding hydrogens is 336 g/mol. The van der Waals surface area contributed by atoms with Crippen LogP contribution < -0.4 is 0 Å². The molecule has 0 saturated heterocycles. The lowest BCUT2D eigenvalue weighted by Gasteiger charge is -2.04. The van der Waals surface area contributed by atoms with Crippen molar-refractivity contribution in [1.82, 2.24) is 14.9 Å². The van der Waals surface area contributed by atoms with Gasteiger partial charge in [0.25, 0.3) is 5.82 Å². The number of aromatic amines is 1. The first-order chi connectivity index (χ1) is 9.30. The third kappa shape index (κ3) is 3.02. The lowest BCUT2D eigenvalue weighted by atomic mass is 10.2. The minimum Gasteiger partial charge on any atom is -0.250 e. The van der Waals surface area contributed by atoms with E-state index in [1.807, 2.05) is 5.10 Å². The van der Waals surface area contributed by atoms with Crippen LogP contribution in [0.5, 0.6) is 0 Å². The Morgan fingerprint density at radius 1 is 1.30 bits per heavy atom. The SMILES string of the molecule is FC(F)(F)c1n[nH]c(=S)n1N=Cc1c(Cl)cccc1Cl. The third-order valence-corrected chi connectivity index (χ3v) is 3.13. The Bertz CT molecular complexity index is 700. The number of hydrogen-bond acceptors (Lipinski definition) is 3. The molecule has 10 heteroatoms. The van der Waals surface area contributed by atoms with Crippen molar-refractivity contribution in [2.45, 2.75) is 6.18 Å². The van der Waals surface area contributed by atoms with Gasteiger partial charge in [-0.25, -0.2) is 5.10 Å². The van der Waals surface area contributed by atoms with Gasteiger partial charge in [-0.1, -0.05) is 29.3 Å². The van der Waals surface area contributed by atoms with Gasteiger partial charge in [-0.15, -0.1) is 5.10 Å². The normalized spacial score (nSPS) is 12.2. The van der Waals surface area contributed by atoms with Crippen molar-refractivity contribution in [1.29, 1.82) is 0 Å². The maximum absolute atomic E-state index is 12.7. The number of H-pyrrole nitrogens is 1. The monoisotopic (exact) mass is 340 g/mol. The third-order valence-electron chi connectivity index (χ3n) is 2.21. The fourth-order valence-electron chi connectivity index (χ4n) is 1.33. The number of nitrogens with zero attached hydrogens (tertiary/aromatic N) is 3. The smallest absolute Gasteiger partial charge is 0.250 e. The maximum atomic E-state index is 12.7. The largest absolute Gasteiger partial charge is 0.453 e. The summed E-state index contributed by atoms with van der Waals surface area (Å²) in [5.41, 5.74) is 0.284. The van der Waals surface area contributed by atoms with E-state index in [-0.39, 0.29) is 20.4 Å². The zero-order valence-electron chi connectivity index (χ0n) is 9.45. The van der Waals surface area contributed by atoms with Gasteiger partial charge < -0.3 is 0 Å². The van der Waals surface area contributed by atoms with Gasteiger partial charge in [-0.05, 0) is 24.4 Å². The average Bonchev–Trinajstić information content (AvgIpc) is 2.70. The number of benzene rings is 1. The number of hydrogen-bond donors (Lipinski definition) is 1. The summed E-state index contributed by atoms with van der Waals surface area (Å²) in [5, 5.41) is 9.25. The Kier molecular flexibility index (Phi) is 4.17. The van der Waals surface area contributed by atoms with Gasteiger partial charge in [-0.2, -0.15) is 22.9 Å². The minimum atomic E-state index is -4.69. The Morgan fingerprint density at radius 2 is 1.90 bits per heavy atom. The van der Waals surface area contributed by atoms with Gasteiger partial charge in [0.05, 0.1) is 16.3 Å². The van der Waals surface area contributed by atoms with E-state index in [0.29, 0.717) is 4.68 Å². The summed E-state index contributed by atoms with van der Waals surface area (Å²) in [6.45, 7) is 0. The summed E-state index contributed by atoms with van der Waals surface area (Å²) >= 11 is 16.5. The van der Waals surface area contributed by atoms with Crippen LogP contribution in [0.4, 0.5) is 13.2 Å². The molecule has 20 heavy (non-hydrogen) atoms. The second kappa shape index (κ2) is 5.55. The van der Waals surface area contributed by atoms with Gasteiger partial charge in [-0.3, -0.25) is 0 Å². The Morgan fingerprint density at radius 3 is 2.45 bits per heavy atom. The molecule has 0 radical (unpaired) electrons. The zero-order valence-corrected chi connectivity index (χ0v) is 11.8. The molecule has 0 bridgehead atoms. The van der Waals surface area contributed by atoms with Crippen molar-refractivity contribution in [3.05, 3.63) is 44.4 Å². The van der Waals surface area contributed by atoms with Crippen molar-refractivity contribution >= 4 is 41.6 Å². The maximum Gasteiger partial charge on any atom is 0.453 e. The fraction of sp³-hybridized carbons (Fsp3) is 0.100. The van der Waals surface area contributed by atoms with Crippen LogP contribution >= 0.6 is 35.4 Å². The highest BCUT2D eigenvalue weighted by Gasteiger charge is 2.37. The molecule has 0 aliphatic heterocycles. The topological polar surface area (TPSA) is 46.0 Å². The molecule has 106 valence electrons. The summed E-state index contributed by atoms with van der Waals surface area (Å²) in [6, 6.07) is 4.68. The lowest BCUT2D eigenvalue weighted by molar-refractivity contribution is -0.147. The second-order valence-corrected chi connectivity index (χ2v) is 4.74. The first kappa shape index (κ1) is 15.0.